The van der Waals surface area contributed by atoms with E-state index in [1.54, 1.807) is 18.4 Å². The van der Waals surface area contributed by atoms with Crippen LogP contribution in [0.3, 0.4) is 0 Å². The number of nitrogens with zero attached hydrogens (tertiary/aromatic N) is 1. The number of hydrogen-bond acceptors (Lipinski definition) is 3. The molecular weight excluding hydrogens is 206 g/mol. The molecule has 15 heavy (non-hydrogen) atoms. The van der Waals surface area contributed by atoms with Crippen molar-refractivity contribution in [3.8, 4) is 5.75 Å². The van der Waals surface area contributed by atoms with E-state index < -0.39 is 0 Å². The van der Waals surface area contributed by atoms with Gasteiger partial charge in [0.25, 0.3) is 0 Å². The summed E-state index contributed by atoms with van der Waals surface area (Å²) in [6.07, 6.45) is 1.91. The Bertz CT molecular complexity index is 630. The van der Waals surface area contributed by atoms with Gasteiger partial charge in [-0.3, -0.25) is 4.98 Å². The first kappa shape index (κ1) is 8.68. The van der Waals surface area contributed by atoms with Gasteiger partial charge in [-0.15, -0.1) is 11.3 Å². The van der Waals surface area contributed by atoms with Crippen LogP contribution >= 0.6 is 11.3 Å². The molecule has 2 heterocycles. The normalized spacial score (nSPS) is 11.0. The van der Waals surface area contributed by atoms with E-state index >= 15 is 0 Å². The lowest BCUT2D eigenvalue weighted by Gasteiger charge is -2.01. The molecule has 1 aromatic carbocycles. The summed E-state index contributed by atoms with van der Waals surface area (Å²) in [4.78, 5) is 4.41. The maximum absolute atomic E-state index is 5.36. The lowest BCUT2D eigenvalue weighted by Crippen LogP contribution is -1.82. The van der Waals surface area contributed by atoms with Crippen molar-refractivity contribution in [3.63, 3.8) is 0 Å². The summed E-state index contributed by atoms with van der Waals surface area (Å²) in [6, 6.07) is 8.13. The Labute approximate surface area is 91.1 Å². The third kappa shape index (κ3) is 1.20. The standard InChI is InChI=1S/C12H9NOS/c1-14-10-7-15-11-6-13-9-5-3-2-4-8(9)12(10)11/h2-7H,1H3. The summed E-state index contributed by atoms with van der Waals surface area (Å²) < 4.78 is 6.53. The first-order valence-corrected chi connectivity index (χ1v) is 5.57. The molecule has 0 saturated carbocycles. The van der Waals surface area contributed by atoms with Crippen LogP contribution in [-0.4, -0.2) is 12.1 Å². The monoisotopic (exact) mass is 215 g/mol. The van der Waals surface area contributed by atoms with Crippen molar-refractivity contribution in [2.45, 2.75) is 0 Å². The molecule has 0 saturated heterocycles. The van der Waals surface area contributed by atoms with Gasteiger partial charge in [0, 0.05) is 22.3 Å². The predicted octanol–water partition coefficient (Wildman–Crippen LogP) is 3.46. The molecule has 0 fully saturated rings. The molecule has 3 heteroatoms. The van der Waals surface area contributed by atoms with Gasteiger partial charge in [0.05, 0.1) is 17.3 Å². The summed E-state index contributed by atoms with van der Waals surface area (Å²) in [5.41, 5.74) is 1.02. The molecule has 0 N–H and O–H groups in total. The third-order valence-corrected chi connectivity index (χ3v) is 3.40. The summed E-state index contributed by atoms with van der Waals surface area (Å²) in [6.45, 7) is 0. The largest absolute Gasteiger partial charge is 0.495 e. The lowest BCUT2D eigenvalue weighted by atomic mass is 10.1. The number of para-hydroxylation sites is 1. The minimum Gasteiger partial charge on any atom is -0.495 e. The van der Waals surface area contributed by atoms with Crippen LogP contribution in [0.4, 0.5) is 0 Å². The van der Waals surface area contributed by atoms with Crippen LogP contribution in [0.15, 0.2) is 35.8 Å². The van der Waals surface area contributed by atoms with Crippen LogP contribution in [0.5, 0.6) is 5.75 Å². The molecule has 0 aliphatic carbocycles. The zero-order valence-corrected chi connectivity index (χ0v) is 9.04. The molecule has 0 aliphatic rings. The van der Waals surface area contributed by atoms with Crippen LogP contribution < -0.4 is 4.74 Å². The Hall–Kier alpha value is -1.61. The second-order valence-corrected chi connectivity index (χ2v) is 4.23. The number of thiophene rings is 1. The van der Waals surface area contributed by atoms with Crippen molar-refractivity contribution in [1.29, 1.82) is 0 Å². The van der Waals surface area contributed by atoms with E-state index in [1.807, 2.05) is 29.8 Å². The van der Waals surface area contributed by atoms with E-state index in [4.69, 9.17) is 4.74 Å². The van der Waals surface area contributed by atoms with Crippen LogP contribution in [0, 0.1) is 0 Å². The summed E-state index contributed by atoms with van der Waals surface area (Å²) in [7, 11) is 1.71. The number of ether oxygens (including phenoxy) is 1. The fourth-order valence-corrected chi connectivity index (χ4v) is 2.68. The van der Waals surface area contributed by atoms with Gasteiger partial charge in [0.15, 0.2) is 0 Å². The summed E-state index contributed by atoms with van der Waals surface area (Å²) >= 11 is 1.67. The molecule has 0 amide bonds. The van der Waals surface area contributed by atoms with Crippen molar-refractivity contribution in [2.75, 3.05) is 7.11 Å². The van der Waals surface area contributed by atoms with Crippen molar-refractivity contribution in [2.24, 2.45) is 0 Å². The molecule has 0 radical (unpaired) electrons. The molecule has 3 aromatic rings. The van der Waals surface area contributed by atoms with E-state index in [-0.39, 0.29) is 0 Å². The number of hydrogen-bond donors (Lipinski definition) is 0. The predicted molar refractivity (Wildman–Crippen MR) is 63.7 cm³/mol. The Balaban J connectivity index is 2.56. The topological polar surface area (TPSA) is 22.1 Å². The minimum atomic E-state index is 0.939. The van der Waals surface area contributed by atoms with Crippen molar-refractivity contribution >= 4 is 32.3 Å². The van der Waals surface area contributed by atoms with E-state index in [0.717, 1.165) is 16.7 Å². The zero-order chi connectivity index (χ0) is 10.3. The van der Waals surface area contributed by atoms with E-state index in [0.29, 0.717) is 0 Å². The highest BCUT2D eigenvalue weighted by Crippen LogP contribution is 2.36. The quantitative estimate of drug-likeness (QED) is 0.620. The van der Waals surface area contributed by atoms with E-state index in [1.165, 1.54) is 10.1 Å². The molecule has 0 atom stereocenters. The first-order valence-electron chi connectivity index (χ1n) is 4.69. The van der Waals surface area contributed by atoms with Crippen molar-refractivity contribution in [3.05, 3.63) is 35.8 Å². The number of aromatic nitrogens is 1. The Morgan fingerprint density at radius 2 is 2.13 bits per heavy atom. The molecule has 3 rings (SSSR count). The molecule has 0 bridgehead atoms. The number of rotatable bonds is 1. The maximum Gasteiger partial charge on any atom is 0.138 e. The molecule has 0 spiro atoms. The lowest BCUT2D eigenvalue weighted by molar-refractivity contribution is 0.421. The minimum absolute atomic E-state index is 0.939. The van der Waals surface area contributed by atoms with Gasteiger partial charge < -0.3 is 4.74 Å². The molecular formula is C12H9NOS. The highest BCUT2D eigenvalue weighted by atomic mass is 32.1. The van der Waals surface area contributed by atoms with E-state index in [9.17, 15) is 0 Å². The third-order valence-electron chi connectivity index (χ3n) is 2.50. The van der Waals surface area contributed by atoms with Gasteiger partial charge >= 0.3 is 0 Å². The zero-order valence-electron chi connectivity index (χ0n) is 8.23. The molecule has 2 nitrogen and oxygen atoms in total. The maximum atomic E-state index is 5.36. The Morgan fingerprint density at radius 1 is 1.27 bits per heavy atom. The Kier molecular flexibility index (Phi) is 1.86. The van der Waals surface area contributed by atoms with Gasteiger partial charge in [-0.2, -0.15) is 0 Å². The fraction of sp³-hybridized carbons (Fsp3) is 0.0833. The first-order chi connectivity index (χ1) is 7.40. The SMILES string of the molecule is COc1csc2cnc3ccccc3c12. The highest BCUT2D eigenvalue weighted by molar-refractivity contribution is 7.17. The van der Waals surface area contributed by atoms with Crippen molar-refractivity contribution in [1.82, 2.24) is 4.98 Å². The summed E-state index contributed by atoms with van der Waals surface area (Å²) in [5, 5.41) is 4.36. The van der Waals surface area contributed by atoms with Crippen molar-refractivity contribution < 1.29 is 4.74 Å². The van der Waals surface area contributed by atoms with Gasteiger partial charge in [-0.05, 0) is 6.07 Å². The number of fused-ring (bicyclic) bond motifs is 3. The second-order valence-electron chi connectivity index (χ2n) is 3.32. The van der Waals surface area contributed by atoms with Gasteiger partial charge in [0.1, 0.15) is 5.75 Å². The van der Waals surface area contributed by atoms with Crippen LogP contribution in [-0.2, 0) is 0 Å². The van der Waals surface area contributed by atoms with Crippen LogP contribution in [0.2, 0.25) is 0 Å². The molecule has 74 valence electrons. The van der Waals surface area contributed by atoms with Crippen LogP contribution in [0.1, 0.15) is 0 Å². The average molecular weight is 215 g/mol. The second kappa shape index (κ2) is 3.21. The van der Waals surface area contributed by atoms with Gasteiger partial charge in [-0.1, -0.05) is 18.2 Å². The van der Waals surface area contributed by atoms with E-state index in [2.05, 4.69) is 11.1 Å². The smallest absolute Gasteiger partial charge is 0.138 e. The summed E-state index contributed by atoms with van der Waals surface area (Å²) in [5.74, 6) is 0.939. The van der Waals surface area contributed by atoms with Gasteiger partial charge in [0.2, 0.25) is 0 Å². The Morgan fingerprint density at radius 3 is 3.00 bits per heavy atom. The number of methoxy groups -OCH3 is 1. The number of pyridine rings is 1. The molecule has 2 aromatic heterocycles. The highest BCUT2D eigenvalue weighted by Gasteiger charge is 2.08. The fourth-order valence-electron chi connectivity index (χ4n) is 1.79. The number of benzene rings is 1. The molecule has 0 unspecified atom stereocenters. The average Bonchev–Trinajstić information content (AvgIpc) is 2.72. The van der Waals surface area contributed by atoms with Gasteiger partial charge in [-0.25, -0.2) is 0 Å². The molecule has 0 aliphatic heterocycles. The van der Waals surface area contributed by atoms with Crippen LogP contribution in [0.25, 0.3) is 21.0 Å².